The van der Waals surface area contributed by atoms with Crippen molar-refractivity contribution in [2.24, 2.45) is 0 Å². The molecule has 1 N–H and O–H groups in total. The topological polar surface area (TPSA) is 46.2 Å². The number of hydrogen-bond acceptors (Lipinski definition) is 4. The lowest BCUT2D eigenvalue weighted by Crippen LogP contribution is -2.32. The molecule has 0 amide bonds. The lowest BCUT2D eigenvalue weighted by molar-refractivity contribution is 0.481. The van der Waals surface area contributed by atoms with E-state index in [1.54, 1.807) is 11.3 Å². The van der Waals surface area contributed by atoms with E-state index in [1.807, 2.05) is 11.4 Å². The summed E-state index contributed by atoms with van der Waals surface area (Å²) in [6.07, 6.45) is 5.07. The van der Waals surface area contributed by atoms with Gasteiger partial charge in [-0.1, -0.05) is 25.3 Å². The lowest BCUT2D eigenvalue weighted by Gasteiger charge is -2.22. The third kappa shape index (κ3) is 4.29. The lowest BCUT2D eigenvalue weighted by atomic mass is 10.0. The molecule has 1 atom stereocenters. The van der Waals surface area contributed by atoms with Gasteiger partial charge in [0, 0.05) is 17.5 Å². The van der Waals surface area contributed by atoms with Gasteiger partial charge in [-0.05, 0) is 31.2 Å². The van der Waals surface area contributed by atoms with Gasteiger partial charge in [-0.2, -0.15) is 0 Å². The van der Waals surface area contributed by atoms with Crippen molar-refractivity contribution in [3.05, 3.63) is 22.4 Å². The average molecular weight is 301 g/mol. The van der Waals surface area contributed by atoms with Gasteiger partial charge in [-0.15, -0.1) is 11.3 Å². The first-order valence-corrected chi connectivity index (χ1v) is 9.67. The summed E-state index contributed by atoms with van der Waals surface area (Å²) in [4.78, 5) is 1.26. The smallest absolute Gasteiger partial charge is 0.154 e. The summed E-state index contributed by atoms with van der Waals surface area (Å²) in [7, 11) is -2.91. The molecule has 1 fully saturated rings. The number of thiophene rings is 1. The number of rotatable bonds is 6. The molecule has 108 valence electrons. The second-order valence-electron chi connectivity index (χ2n) is 5.32. The molecule has 5 heteroatoms. The van der Waals surface area contributed by atoms with Crippen LogP contribution in [-0.4, -0.2) is 26.0 Å². The molecule has 0 saturated heterocycles. The highest BCUT2D eigenvalue weighted by Gasteiger charge is 2.26. The third-order valence-corrected chi connectivity index (χ3v) is 7.18. The molecule has 1 unspecified atom stereocenters. The van der Waals surface area contributed by atoms with Crippen LogP contribution >= 0.6 is 11.3 Å². The van der Waals surface area contributed by atoms with Crippen LogP contribution in [0.15, 0.2) is 17.5 Å². The largest absolute Gasteiger partial charge is 0.308 e. The van der Waals surface area contributed by atoms with Crippen LogP contribution in [0.2, 0.25) is 0 Å². The van der Waals surface area contributed by atoms with Crippen molar-refractivity contribution in [1.82, 2.24) is 5.32 Å². The van der Waals surface area contributed by atoms with Crippen LogP contribution in [0.1, 0.15) is 49.9 Å². The van der Waals surface area contributed by atoms with Crippen LogP contribution in [0, 0.1) is 0 Å². The Bertz CT molecular complexity index is 462. The Kier molecular flexibility index (Phi) is 5.42. The first-order valence-electron chi connectivity index (χ1n) is 7.08. The van der Waals surface area contributed by atoms with Gasteiger partial charge in [0.25, 0.3) is 0 Å². The molecule has 1 saturated carbocycles. The van der Waals surface area contributed by atoms with Gasteiger partial charge < -0.3 is 5.32 Å². The standard InChI is InChI=1S/C14H23NO2S2/c1-12(14-8-5-10-18-14)15-9-11-19(16,17)13-6-3-2-4-7-13/h5,8,10,12-13,15H,2-4,6-7,9,11H2,1H3. The maximum absolute atomic E-state index is 12.2. The van der Waals surface area contributed by atoms with E-state index in [4.69, 9.17) is 0 Å². The van der Waals surface area contributed by atoms with Gasteiger partial charge in [0.1, 0.15) is 0 Å². The van der Waals surface area contributed by atoms with E-state index < -0.39 is 9.84 Å². The average Bonchev–Trinajstić information content (AvgIpc) is 2.93. The Morgan fingerprint density at radius 1 is 1.37 bits per heavy atom. The second-order valence-corrected chi connectivity index (χ2v) is 8.70. The Morgan fingerprint density at radius 2 is 2.11 bits per heavy atom. The van der Waals surface area contributed by atoms with Crippen molar-refractivity contribution in [2.75, 3.05) is 12.3 Å². The summed E-state index contributed by atoms with van der Waals surface area (Å²) in [5.74, 6) is 0.271. The zero-order valence-corrected chi connectivity index (χ0v) is 13.1. The molecule has 1 aromatic heterocycles. The first-order chi connectivity index (χ1) is 9.09. The van der Waals surface area contributed by atoms with Gasteiger partial charge in [0.2, 0.25) is 0 Å². The molecule has 1 aromatic rings. The van der Waals surface area contributed by atoms with Crippen LogP contribution < -0.4 is 5.32 Å². The van der Waals surface area contributed by atoms with E-state index in [0.29, 0.717) is 6.54 Å². The van der Waals surface area contributed by atoms with Crippen molar-refractivity contribution < 1.29 is 8.42 Å². The Balaban J connectivity index is 1.78. The molecule has 0 aromatic carbocycles. The highest BCUT2D eigenvalue weighted by Crippen LogP contribution is 2.24. The minimum atomic E-state index is -2.91. The zero-order valence-electron chi connectivity index (χ0n) is 11.5. The summed E-state index contributed by atoms with van der Waals surface area (Å²) in [5, 5.41) is 5.28. The number of sulfone groups is 1. The fourth-order valence-corrected chi connectivity index (χ4v) is 5.19. The summed E-state index contributed by atoms with van der Waals surface area (Å²) < 4.78 is 24.4. The minimum Gasteiger partial charge on any atom is -0.308 e. The summed E-state index contributed by atoms with van der Waals surface area (Å²) in [6.45, 7) is 2.64. The normalized spacial score (nSPS) is 19.4. The van der Waals surface area contributed by atoms with Gasteiger partial charge in [0.05, 0.1) is 11.0 Å². The maximum Gasteiger partial charge on any atom is 0.154 e. The molecule has 0 spiro atoms. The highest BCUT2D eigenvalue weighted by atomic mass is 32.2. The van der Waals surface area contributed by atoms with E-state index in [1.165, 1.54) is 11.3 Å². The molecule has 2 rings (SSSR count). The molecule has 0 bridgehead atoms. The van der Waals surface area contributed by atoms with Gasteiger partial charge in [0.15, 0.2) is 9.84 Å². The molecule has 1 aliphatic carbocycles. The van der Waals surface area contributed by atoms with Gasteiger partial charge in [-0.3, -0.25) is 0 Å². The Hall–Kier alpha value is -0.390. The molecule has 1 aliphatic rings. The van der Waals surface area contributed by atoms with Crippen LogP contribution in [0.3, 0.4) is 0 Å². The van der Waals surface area contributed by atoms with Crippen LogP contribution in [0.25, 0.3) is 0 Å². The first kappa shape index (κ1) is 15.0. The van der Waals surface area contributed by atoms with E-state index in [2.05, 4.69) is 18.3 Å². The van der Waals surface area contributed by atoms with E-state index in [-0.39, 0.29) is 17.0 Å². The molecule has 0 aliphatic heterocycles. The van der Waals surface area contributed by atoms with Gasteiger partial charge in [-0.25, -0.2) is 8.42 Å². The van der Waals surface area contributed by atoms with Crippen molar-refractivity contribution in [2.45, 2.75) is 50.3 Å². The summed E-state index contributed by atoms with van der Waals surface area (Å²) in [5.41, 5.74) is 0. The van der Waals surface area contributed by atoms with Crippen LogP contribution in [-0.2, 0) is 9.84 Å². The predicted octanol–water partition coefficient (Wildman–Crippen LogP) is 3.15. The third-order valence-electron chi connectivity index (χ3n) is 3.87. The quantitative estimate of drug-likeness (QED) is 0.878. The van der Waals surface area contributed by atoms with Crippen molar-refractivity contribution in [3.63, 3.8) is 0 Å². The van der Waals surface area contributed by atoms with E-state index in [0.717, 1.165) is 25.7 Å². The Morgan fingerprint density at radius 3 is 2.74 bits per heavy atom. The SMILES string of the molecule is CC(NCCS(=O)(=O)C1CCCCC1)c1cccs1. The van der Waals surface area contributed by atoms with Crippen molar-refractivity contribution in [3.8, 4) is 0 Å². The van der Waals surface area contributed by atoms with Crippen LogP contribution in [0.4, 0.5) is 0 Å². The zero-order chi connectivity index (χ0) is 13.7. The molecule has 1 heterocycles. The van der Waals surface area contributed by atoms with Crippen molar-refractivity contribution in [1.29, 1.82) is 0 Å². The van der Waals surface area contributed by atoms with E-state index >= 15 is 0 Å². The maximum atomic E-state index is 12.2. The number of nitrogens with one attached hydrogen (secondary N) is 1. The second kappa shape index (κ2) is 6.86. The Labute approximate surface area is 120 Å². The van der Waals surface area contributed by atoms with Gasteiger partial charge >= 0.3 is 0 Å². The summed E-state index contributed by atoms with van der Waals surface area (Å²) in [6, 6.07) is 4.34. The predicted molar refractivity (Wildman–Crippen MR) is 81.4 cm³/mol. The molecule has 19 heavy (non-hydrogen) atoms. The van der Waals surface area contributed by atoms with Crippen LogP contribution in [0.5, 0.6) is 0 Å². The monoisotopic (exact) mass is 301 g/mol. The fraction of sp³-hybridized carbons (Fsp3) is 0.714. The molecular weight excluding hydrogens is 278 g/mol. The van der Waals surface area contributed by atoms with E-state index in [9.17, 15) is 8.42 Å². The number of hydrogen-bond donors (Lipinski definition) is 1. The molecule has 0 radical (unpaired) electrons. The fourth-order valence-electron chi connectivity index (χ4n) is 2.65. The molecule has 3 nitrogen and oxygen atoms in total. The summed E-state index contributed by atoms with van der Waals surface area (Å²) >= 11 is 1.71. The minimum absolute atomic E-state index is 0.0832. The van der Waals surface area contributed by atoms with Crippen molar-refractivity contribution >= 4 is 21.2 Å². The highest BCUT2D eigenvalue weighted by molar-refractivity contribution is 7.92. The molecular formula is C14H23NO2S2.